The number of carbonyl (C=O) groups excluding carboxylic acids is 1. The Bertz CT molecular complexity index is 366. The summed E-state index contributed by atoms with van der Waals surface area (Å²) in [4.78, 5) is 11.3. The molecule has 0 spiro atoms. The summed E-state index contributed by atoms with van der Waals surface area (Å²) in [6, 6.07) is 5.47. The zero-order valence-corrected chi connectivity index (χ0v) is 6.58. The first-order chi connectivity index (χ1) is 5.77. The fraction of sp³-hybridized carbons (Fsp3) is 0.100. The quantitative estimate of drug-likeness (QED) is 0.584. The standard InChI is InChI=1S/C10H9NO/c11-8-5-4-7-2-1-3-10(12)9(7)6-8/h1,3-6H,2,11H2. The molecule has 0 bridgehead atoms. The molecule has 2 N–H and O–H groups in total. The Morgan fingerprint density at radius 1 is 1.33 bits per heavy atom. The summed E-state index contributed by atoms with van der Waals surface area (Å²) in [5.74, 6) is 0.0588. The van der Waals surface area contributed by atoms with E-state index >= 15 is 0 Å². The van der Waals surface area contributed by atoms with E-state index in [4.69, 9.17) is 5.73 Å². The van der Waals surface area contributed by atoms with Crippen molar-refractivity contribution in [1.82, 2.24) is 0 Å². The van der Waals surface area contributed by atoms with Gasteiger partial charge < -0.3 is 5.73 Å². The summed E-state index contributed by atoms with van der Waals surface area (Å²) in [6.07, 6.45) is 4.31. The van der Waals surface area contributed by atoms with Gasteiger partial charge in [-0.15, -0.1) is 0 Å². The van der Waals surface area contributed by atoms with E-state index in [9.17, 15) is 4.79 Å². The van der Waals surface area contributed by atoms with E-state index in [1.54, 1.807) is 12.1 Å². The van der Waals surface area contributed by atoms with Gasteiger partial charge in [-0.3, -0.25) is 4.79 Å². The van der Waals surface area contributed by atoms with Gasteiger partial charge in [-0.1, -0.05) is 12.1 Å². The normalized spacial score (nSPS) is 14.5. The Balaban J connectivity index is 2.59. The number of allylic oxidation sites excluding steroid dienone is 2. The van der Waals surface area contributed by atoms with Crippen LogP contribution in [0.25, 0.3) is 0 Å². The number of hydrogen-bond donors (Lipinski definition) is 1. The maximum absolute atomic E-state index is 11.3. The summed E-state index contributed by atoms with van der Waals surface area (Å²) >= 11 is 0. The Morgan fingerprint density at radius 2 is 2.17 bits per heavy atom. The lowest BCUT2D eigenvalue weighted by molar-refractivity contribution is 0.104. The zero-order valence-electron chi connectivity index (χ0n) is 6.58. The third-order valence-electron chi connectivity index (χ3n) is 2.01. The molecule has 0 saturated carbocycles. The minimum absolute atomic E-state index is 0.0588. The smallest absolute Gasteiger partial charge is 0.185 e. The van der Waals surface area contributed by atoms with Crippen molar-refractivity contribution in [3.63, 3.8) is 0 Å². The van der Waals surface area contributed by atoms with Crippen molar-refractivity contribution in [1.29, 1.82) is 0 Å². The lowest BCUT2D eigenvalue weighted by Gasteiger charge is -2.09. The van der Waals surface area contributed by atoms with Gasteiger partial charge in [0.2, 0.25) is 0 Å². The molecule has 0 aromatic heterocycles. The lowest BCUT2D eigenvalue weighted by Crippen LogP contribution is -2.05. The van der Waals surface area contributed by atoms with Crippen LogP contribution in [0.3, 0.4) is 0 Å². The number of ketones is 1. The highest BCUT2D eigenvalue weighted by atomic mass is 16.1. The second kappa shape index (κ2) is 2.48. The van der Waals surface area contributed by atoms with Crippen molar-refractivity contribution in [3.05, 3.63) is 41.5 Å². The third-order valence-corrected chi connectivity index (χ3v) is 2.01. The first-order valence-electron chi connectivity index (χ1n) is 3.86. The number of benzene rings is 1. The number of rotatable bonds is 0. The topological polar surface area (TPSA) is 43.1 Å². The van der Waals surface area contributed by atoms with Crippen LogP contribution in [0.4, 0.5) is 5.69 Å². The van der Waals surface area contributed by atoms with Crippen LogP contribution in [0.15, 0.2) is 30.4 Å². The molecule has 2 nitrogen and oxygen atoms in total. The predicted octanol–water partition coefficient (Wildman–Crippen LogP) is 1.56. The van der Waals surface area contributed by atoms with E-state index in [1.807, 2.05) is 18.2 Å². The van der Waals surface area contributed by atoms with Crippen LogP contribution in [0.1, 0.15) is 15.9 Å². The van der Waals surface area contributed by atoms with Crippen LogP contribution in [0, 0.1) is 0 Å². The van der Waals surface area contributed by atoms with Crippen LogP contribution >= 0.6 is 0 Å². The van der Waals surface area contributed by atoms with Gasteiger partial charge >= 0.3 is 0 Å². The number of nitrogens with two attached hydrogens (primary N) is 1. The molecule has 1 aliphatic rings. The van der Waals surface area contributed by atoms with Crippen molar-refractivity contribution in [3.8, 4) is 0 Å². The molecule has 2 heteroatoms. The summed E-state index contributed by atoms with van der Waals surface area (Å²) in [7, 11) is 0. The van der Waals surface area contributed by atoms with E-state index in [1.165, 1.54) is 0 Å². The number of hydrogen-bond acceptors (Lipinski definition) is 2. The number of fused-ring (bicyclic) bond motifs is 1. The van der Waals surface area contributed by atoms with Crippen LogP contribution < -0.4 is 5.73 Å². The van der Waals surface area contributed by atoms with Gasteiger partial charge in [-0.2, -0.15) is 0 Å². The third kappa shape index (κ3) is 1.01. The fourth-order valence-electron chi connectivity index (χ4n) is 1.38. The highest BCUT2D eigenvalue weighted by molar-refractivity contribution is 6.07. The van der Waals surface area contributed by atoms with Crippen molar-refractivity contribution >= 4 is 11.5 Å². The van der Waals surface area contributed by atoms with E-state index < -0.39 is 0 Å². The maximum atomic E-state index is 11.3. The van der Waals surface area contributed by atoms with Crippen LogP contribution in [-0.2, 0) is 6.42 Å². The molecule has 0 heterocycles. The summed E-state index contributed by atoms with van der Waals surface area (Å²) in [5.41, 5.74) is 8.03. The van der Waals surface area contributed by atoms with Gasteiger partial charge in [-0.25, -0.2) is 0 Å². The van der Waals surface area contributed by atoms with Gasteiger partial charge in [-0.05, 0) is 30.2 Å². The van der Waals surface area contributed by atoms with E-state index in [0.29, 0.717) is 5.69 Å². The second-order valence-electron chi connectivity index (χ2n) is 2.89. The molecular weight excluding hydrogens is 150 g/mol. The second-order valence-corrected chi connectivity index (χ2v) is 2.89. The molecular formula is C10H9NO. The van der Waals surface area contributed by atoms with Gasteiger partial charge in [0, 0.05) is 11.3 Å². The van der Waals surface area contributed by atoms with E-state index in [0.717, 1.165) is 17.5 Å². The predicted molar refractivity (Wildman–Crippen MR) is 48.0 cm³/mol. The molecule has 0 aliphatic heterocycles. The molecule has 0 atom stereocenters. The molecule has 0 unspecified atom stereocenters. The van der Waals surface area contributed by atoms with E-state index in [2.05, 4.69) is 0 Å². The van der Waals surface area contributed by atoms with Gasteiger partial charge in [0.15, 0.2) is 5.78 Å². The summed E-state index contributed by atoms with van der Waals surface area (Å²) in [6.45, 7) is 0. The average molecular weight is 159 g/mol. The number of nitrogen functional groups attached to an aromatic ring is 1. The monoisotopic (exact) mass is 159 g/mol. The van der Waals surface area contributed by atoms with Crippen molar-refractivity contribution in [2.45, 2.75) is 6.42 Å². The highest BCUT2D eigenvalue weighted by Crippen LogP contribution is 2.18. The minimum atomic E-state index is 0.0588. The molecule has 0 saturated heterocycles. The van der Waals surface area contributed by atoms with E-state index in [-0.39, 0.29) is 5.78 Å². The Morgan fingerprint density at radius 3 is 3.00 bits per heavy atom. The van der Waals surface area contributed by atoms with Gasteiger partial charge in [0.25, 0.3) is 0 Å². The zero-order chi connectivity index (χ0) is 8.55. The fourth-order valence-corrected chi connectivity index (χ4v) is 1.38. The van der Waals surface area contributed by atoms with Gasteiger partial charge in [0.05, 0.1) is 0 Å². The van der Waals surface area contributed by atoms with Crippen molar-refractivity contribution < 1.29 is 4.79 Å². The average Bonchev–Trinajstić information content (AvgIpc) is 2.07. The summed E-state index contributed by atoms with van der Waals surface area (Å²) in [5, 5.41) is 0. The molecule has 1 aromatic carbocycles. The molecule has 0 fully saturated rings. The highest BCUT2D eigenvalue weighted by Gasteiger charge is 2.11. The number of carbonyl (C=O) groups is 1. The van der Waals surface area contributed by atoms with Crippen LogP contribution in [0.2, 0.25) is 0 Å². The summed E-state index contributed by atoms with van der Waals surface area (Å²) < 4.78 is 0. The molecule has 0 radical (unpaired) electrons. The molecule has 1 aromatic rings. The lowest BCUT2D eigenvalue weighted by atomic mass is 9.95. The van der Waals surface area contributed by atoms with Crippen LogP contribution in [0.5, 0.6) is 0 Å². The van der Waals surface area contributed by atoms with Crippen molar-refractivity contribution in [2.75, 3.05) is 5.73 Å². The minimum Gasteiger partial charge on any atom is -0.399 e. The van der Waals surface area contributed by atoms with Crippen molar-refractivity contribution in [2.24, 2.45) is 0 Å². The first-order valence-corrected chi connectivity index (χ1v) is 3.86. The van der Waals surface area contributed by atoms with Gasteiger partial charge in [0.1, 0.15) is 0 Å². The molecule has 12 heavy (non-hydrogen) atoms. The Labute approximate surface area is 70.7 Å². The Hall–Kier alpha value is -1.57. The first kappa shape index (κ1) is 7.10. The number of anilines is 1. The molecule has 2 rings (SSSR count). The van der Waals surface area contributed by atoms with Crippen LogP contribution in [-0.4, -0.2) is 5.78 Å². The molecule has 1 aliphatic carbocycles. The molecule has 60 valence electrons. The maximum Gasteiger partial charge on any atom is 0.185 e. The Kier molecular flexibility index (Phi) is 1.47. The molecule has 0 amide bonds. The SMILES string of the molecule is Nc1ccc2c(c1)C(=O)C=CC2. The largest absolute Gasteiger partial charge is 0.399 e.